The van der Waals surface area contributed by atoms with E-state index in [0.717, 1.165) is 29.4 Å². The third-order valence-electron chi connectivity index (χ3n) is 7.05. The first kappa shape index (κ1) is 21.8. The Morgan fingerprint density at radius 1 is 1.11 bits per heavy atom. The molecule has 1 aromatic carbocycles. The summed E-state index contributed by atoms with van der Waals surface area (Å²) in [6.45, 7) is 13.9. The summed E-state index contributed by atoms with van der Waals surface area (Å²) in [7, 11) is -1.93. The SMILES string of the molecule is CCCCCc1cc2c(c(O[Si](C)(C)C(C)(C)C)c1)C1CCCCC1C(=S)O2. The second-order valence-corrected chi connectivity index (χ2v) is 15.4. The number of hydrogen-bond donors (Lipinski definition) is 0. The van der Waals surface area contributed by atoms with Crippen LogP contribution in [0.1, 0.15) is 89.7 Å². The average Bonchev–Trinajstić information content (AvgIpc) is 2.60. The van der Waals surface area contributed by atoms with Crippen molar-refractivity contribution in [1.29, 1.82) is 0 Å². The normalized spacial score (nSPS) is 22.3. The predicted octanol–water partition coefficient (Wildman–Crippen LogP) is 7.80. The zero-order valence-corrected chi connectivity index (χ0v) is 20.5. The molecule has 0 spiro atoms. The zero-order valence-electron chi connectivity index (χ0n) is 18.7. The van der Waals surface area contributed by atoms with Gasteiger partial charge in [0.05, 0.1) is 0 Å². The highest BCUT2D eigenvalue weighted by Crippen LogP contribution is 2.51. The van der Waals surface area contributed by atoms with E-state index in [4.69, 9.17) is 21.4 Å². The summed E-state index contributed by atoms with van der Waals surface area (Å²) in [6, 6.07) is 4.58. The van der Waals surface area contributed by atoms with Crippen molar-refractivity contribution in [2.45, 2.75) is 103 Å². The summed E-state index contributed by atoms with van der Waals surface area (Å²) in [4.78, 5) is 0. The van der Waals surface area contributed by atoms with Crippen molar-refractivity contribution in [3.8, 4) is 11.5 Å². The van der Waals surface area contributed by atoms with Crippen molar-refractivity contribution in [1.82, 2.24) is 0 Å². The lowest BCUT2D eigenvalue weighted by atomic mass is 9.73. The van der Waals surface area contributed by atoms with Crippen LogP contribution in [0.15, 0.2) is 12.1 Å². The Balaban J connectivity index is 2.03. The van der Waals surface area contributed by atoms with Gasteiger partial charge in [0, 0.05) is 17.4 Å². The van der Waals surface area contributed by atoms with Gasteiger partial charge in [-0.1, -0.05) is 53.4 Å². The van der Waals surface area contributed by atoms with E-state index < -0.39 is 8.32 Å². The number of rotatable bonds is 6. The largest absolute Gasteiger partial charge is 0.543 e. The van der Waals surface area contributed by atoms with Gasteiger partial charge in [-0.05, 0) is 73.7 Å². The highest BCUT2D eigenvalue weighted by atomic mass is 32.1. The molecule has 1 aliphatic heterocycles. The molecule has 1 aromatic rings. The van der Waals surface area contributed by atoms with Crippen LogP contribution in [0.2, 0.25) is 18.1 Å². The van der Waals surface area contributed by atoms with Crippen molar-refractivity contribution in [3.63, 3.8) is 0 Å². The molecular weight excluding hydrogens is 380 g/mol. The first-order valence-electron chi connectivity index (χ1n) is 11.2. The Labute approximate surface area is 178 Å². The topological polar surface area (TPSA) is 18.5 Å². The molecule has 1 heterocycles. The molecule has 156 valence electrons. The van der Waals surface area contributed by atoms with Crippen molar-refractivity contribution >= 4 is 25.6 Å². The number of hydrogen-bond acceptors (Lipinski definition) is 3. The van der Waals surface area contributed by atoms with Gasteiger partial charge >= 0.3 is 0 Å². The highest BCUT2D eigenvalue weighted by Gasteiger charge is 2.43. The standard InChI is InChI=1S/C24H38O2SSi/c1-7-8-9-12-17-15-20-22(18-13-10-11-14-19(18)23(27)25-20)21(16-17)26-28(5,6)24(2,3)4/h15-16,18-19H,7-14H2,1-6H3. The average molecular weight is 419 g/mol. The lowest BCUT2D eigenvalue weighted by Gasteiger charge is -2.41. The molecule has 2 atom stereocenters. The number of benzene rings is 1. The second kappa shape index (κ2) is 8.47. The molecule has 2 nitrogen and oxygen atoms in total. The van der Waals surface area contributed by atoms with E-state index in [2.05, 4.69) is 52.9 Å². The molecule has 0 radical (unpaired) electrons. The van der Waals surface area contributed by atoms with Crippen molar-refractivity contribution in [2.75, 3.05) is 0 Å². The molecule has 2 aliphatic rings. The van der Waals surface area contributed by atoms with Crippen LogP contribution in [0.3, 0.4) is 0 Å². The van der Waals surface area contributed by atoms with E-state index in [1.54, 1.807) is 0 Å². The van der Waals surface area contributed by atoms with Crippen LogP contribution in [0.4, 0.5) is 0 Å². The van der Waals surface area contributed by atoms with E-state index in [9.17, 15) is 0 Å². The van der Waals surface area contributed by atoms with Gasteiger partial charge in [-0.3, -0.25) is 0 Å². The molecule has 0 bridgehead atoms. The zero-order chi connectivity index (χ0) is 20.5. The summed E-state index contributed by atoms with van der Waals surface area (Å²) in [5.74, 6) is 2.92. The Morgan fingerprint density at radius 2 is 1.79 bits per heavy atom. The van der Waals surface area contributed by atoms with E-state index in [1.807, 2.05) is 0 Å². The summed E-state index contributed by atoms with van der Waals surface area (Å²) in [6.07, 6.45) is 9.69. The quantitative estimate of drug-likeness (QED) is 0.267. The number of unbranched alkanes of at least 4 members (excludes halogenated alkanes) is 2. The van der Waals surface area contributed by atoms with E-state index in [-0.39, 0.29) is 5.04 Å². The molecule has 4 heteroatoms. The van der Waals surface area contributed by atoms with Crippen LogP contribution in [0.25, 0.3) is 0 Å². The van der Waals surface area contributed by atoms with Crippen LogP contribution in [-0.2, 0) is 6.42 Å². The lowest BCUT2D eigenvalue weighted by Crippen LogP contribution is -2.44. The first-order chi connectivity index (χ1) is 13.1. The third-order valence-corrected chi connectivity index (χ3v) is 11.8. The molecule has 2 unspecified atom stereocenters. The minimum absolute atomic E-state index is 0.175. The molecular formula is C24H38O2SSi. The Morgan fingerprint density at radius 3 is 2.43 bits per heavy atom. The van der Waals surface area contributed by atoms with Crippen LogP contribution < -0.4 is 9.16 Å². The number of thiocarbonyl (C=S) groups is 1. The summed E-state index contributed by atoms with van der Waals surface area (Å²) < 4.78 is 13.2. The van der Waals surface area contributed by atoms with Crippen LogP contribution >= 0.6 is 12.2 Å². The van der Waals surface area contributed by atoms with Gasteiger partial charge in [0.1, 0.15) is 11.5 Å². The van der Waals surface area contributed by atoms with Crippen molar-refractivity contribution in [2.24, 2.45) is 5.92 Å². The Hall–Kier alpha value is -0.873. The van der Waals surface area contributed by atoms with Gasteiger partial charge in [0.15, 0.2) is 5.05 Å². The maximum Gasteiger partial charge on any atom is 0.250 e. The van der Waals surface area contributed by atoms with Gasteiger partial charge < -0.3 is 9.16 Å². The molecule has 0 aromatic heterocycles. The maximum absolute atomic E-state index is 6.91. The predicted molar refractivity (Wildman–Crippen MR) is 125 cm³/mol. The molecule has 1 aliphatic carbocycles. The van der Waals surface area contributed by atoms with Crippen molar-refractivity contribution < 1.29 is 9.16 Å². The monoisotopic (exact) mass is 418 g/mol. The number of ether oxygens (including phenoxy) is 1. The number of fused-ring (bicyclic) bond motifs is 3. The van der Waals surface area contributed by atoms with Crippen LogP contribution in [0.5, 0.6) is 11.5 Å². The first-order valence-corrected chi connectivity index (χ1v) is 14.5. The van der Waals surface area contributed by atoms with Gasteiger partial charge in [-0.25, -0.2) is 0 Å². The highest BCUT2D eigenvalue weighted by molar-refractivity contribution is 7.80. The third kappa shape index (κ3) is 4.48. The van der Waals surface area contributed by atoms with Crippen LogP contribution in [0, 0.1) is 5.92 Å². The Kier molecular flexibility index (Phi) is 6.60. The summed E-state index contributed by atoms with van der Waals surface area (Å²) >= 11 is 5.69. The molecule has 28 heavy (non-hydrogen) atoms. The minimum Gasteiger partial charge on any atom is -0.543 e. The minimum atomic E-state index is -1.93. The summed E-state index contributed by atoms with van der Waals surface area (Å²) in [5, 5.41) is 0.982. The fraction of sp³-hybridized carbons (Fsp3) is 0.708. The molecule has 0 saturated heterocycles. The van der Waals surface area contributed by atoms with E-state index in [1.165, 1.54) is 49.7 Å². The van der Waals surface area contributed by atoms with Gasteiger partial charge in [0.25, 0.3) is 0 Å². The van der Waals surface area contributed by atoms with E-state index >= 15 is 0 Å². The summed E-state index contributed by atoms with van der Waals surface area (Å²) in [5.41, 5.74) is 2.64. The van der Waals surface area contributed by atoms with Gasteiger partial charge in [-0.15, -0.1) is 0 Å². The lowest BCUT2D eigenvalue weighted by molar-refractivity contribution is 0.314. The molecule has 1 saturated carbocycles. The number of aryl methyl sites for hydroxylation is 1. The fourth-order valence-electron chi connectivity index (χ4n) is 4.28. The maximum atomic E-state index is 6.91. The smallest absolute Gasteiger partial charge is 0.250 e. The van der Waals surface area contributed by atoms with Gasteiger partial charge in [0.2, 0.25) is 8.32 Å². The molecule has 0 N–H and O–H groups in total. The molecule has 3 rings (SSSR count). The molecule has 1 fully saturated rings. The Bertz CT molecular complexity index is 720. The fourth-order valence-corrected chi connectivity index (χ4v) is 5.68. The van der Waals surface area contributed by atoms with E-state index in [0.29, 0.717) is 11.8 Å². The van der Waals surface area contributed by atoms with Crippen LogP contribution in [-0.4, -0.2) is 13.4 Å². The van der Waals surface area contributed by atoms with Crippen molar-refractivity contribution in [3.05, 3.63) is 23.3 Å². The molecule has 0 amide bonds. The van der Waals surface area contributed by atoms with Gasteiger partial charge in [-0.2, -0.15) is 0 Å². The second-order valence-electron chi connectivity index (χ2n) is 10.2.